The summed E-state index contributed by atoms with van der Waals surface area (Å²) in [5.74, 6) is 2.66. The van der Waals surface area contributed by atoms with Crippen molar-refractivity contribution >= 4 is 5.78 Å². The number of hydrogen-bond donors (Lipinski definition) is 0. The topological polar surface area (TPSA) is 17.1 Å². The van der Waals surface area contributed by atoms with Gasteiger partial charge < -0.3 is 0 Å². The van der Waals surface area contributed by atoms with Gasteiger partial charge in [0.2, 0.25) is 0 Å². The lowest BCUT2D eigenvalue weighted by Gasteiger charge is -2.66. The lowest BCUT2D eigenvalue weighted by molar-refractivity contribution is -0.188. The van der Waals surface area contributed by atoms with Crippen molar-refractivity contribution in [2.75, 3.05) is 0 Å². The molecule has 4 atom stereocenters. The van der Waals surface area contributed by atoms with Crippen LogP contribution in [0.4, 0.5) is 0 Å². The highest BCUT2D eigenvalue weighted by Gasteiger charge is 2.64. The first kappa shape index (κ1) is 10.8. The van der Waals surface area contributed by atoms with Gasteiger partial charge in [-0.2, -0.15) is 0 Å². The number of carbonyl (C=O) groups excluding carboxylic acids is 1. The Balaban J connectivity index is 1.91. The predicted molar refractivity (Wildman–Crippen MR) is 65.1 cm³/mol. The van der Waals surface area contributed by atoms with Crippen molar-refractivity contribution in [2.45, 2.75) is 59.3 Å². The summed E-state index contributed by atoms with van der Waals surface area (Å²) in [6.45, 7) is 6.97. The van der Waals surface area contributed by atoms with Gasteiger partial charge in [0.1, 0.15) is 5.78 Å². The number of rotatable bonds is 0. The minimum Gasteiger partial charge on any atom is -0.299 e. The summed E-state index contributed by atoms with van der Waals surface area (Å²) >= 11 is 0. The second kappa shape index (κ2) is 3.11. The van der Waals surface area contributed by atoms with E-state index in [0.717, 1.165) is 18.3 Å². The Hall–Kier alpha value is -0.330. The molecule has 3 aliphatic carbocycles. The third kappa shape index (κ3) is 1.26. The van der Waals surface area contributed by atoms with Gasteiger partial charge in [0.15, 0.2) is 0 Å². The molecule has 4 unspecified atom stereocenters. The van der Waals surface area contributed by atoms with Crippen molar-refractivity contribution in [1.29, 1.82) is 0 Å². The molecule has 1 heteroatoms. The van der Waals surface area contributed by atoms with Crippen LogP contribution in [-0.4, -0.2) is 5.78 Å². The molecule has 0 N–H and O–H groups in total. The maximum absolute atomic E-state index is 12.3. The fraction of sp³-hybridized carbons (Fsp3) is 0.933. The second-order valence-corrected chi connectivity index (χ2v) is 7.52. The first-order valence-electron chi connectivity index (χ1n) is 6.97. The molecule has 0 bridgehead atoms. The monoisotopic (exact) mass is 220 g/mol. The smallest absolute Gasteiger partial charge is 0.137 e. The molecule has 1 nitrogen and oxygen atoms in total. The SMILES string of the molecule is CC1(C)CC(=O)C2C3CCCCC3C2(C)C1. The van der Waals surface area contributed by atoms with Crippen LogP contribution in [0.1, 0.15) is 59.3 Å². The summed E-state index contributed by atoms with van der Waals surface area (Å²) in [5.41, 5.74) is 0.620. The summed E-state index contributed by atoms with van der Waals surface area (Å²) in [6.07, 6.45) is 7.59. The van der Waals surface area contributed by atoms with E-state index in [1.807, 2.05) is 0 Å². The van der Waals surface area contributed by atoms with Crippen LogP contribution in [0.5, 0.6) is 0 Å². The fourth-order valence-electron chi connectivity index (χ4n) is 5.50. The van der Waals surface area contributed by atoms with E-state index in [4.69, 9.17) is 0 Å². The molecule has 0 spiro atoms. The predicted octanol–water partition coefficient (Wildman–Crippen LogP) is 3.82. The van der Waals surface area contributed by atoms with Gasteiger partial charge in [-0.05, 0) is 41.9 Å². The van der Waals surface area contributed by atoms with Crippen molar-refractivity contribution in [3.05, 3.63) is 0 Å². The molecule has 3 rings (SSSR count). The molecule has 0 radical (unpaired) electrons. The van der Waals surface area contributed by atoms with Crippen LogP contribution >= 0.6 is 0 Å². The van der Waals surface area contributed by atoms with Gasteiger partial charge >= 0.3 is 0 Å². The van der Waals surface area contributed by atoms with Crippen molar-refractivity contribution < 1.29 is 4.79 Å². The van der Waals surface area contributed by atoms with E-state index in [1.54, 1.807) is 0 Å². The molecule has 3 aliphatic rings. The second-order valence-electron chi connectivity index (χ2n) is 7.52. The van der Waals surface area contributed by atoms with Gasteiger partial charge in [-0.15, -0.1) is 0 Å². The van der Waals surface area contributed by atoms with Gasteiger partial charge in [0.05, 0.1) is 0 Å². The third-order valence-electron chi connectivity index (χ3n) is 5.66. The maximum atomic E-state index is 12.3. The van der Waals surface area contributed by atoms with Crippen LogP contribution in [0.2, 0.25) is 0 Å². The zero-order valence-corrected chi connectivity index (χ0v) is 10.9. The van der Waals surface area contributed by atoms with E-state index < -0.39 is 0 Å². The molecule has 0 amide bonds. The standard InChI is InChI=1S/C15H24O/c1-14(2)8-12(16)13-10-6-4-5-7-11(10)15(13,3)9-14/h10-11,13H,4-9H2,1-3H3. The molecule has 0 heterocycles. The van der Waals surface area contributed by atoms with E-state index in [2.05, 4.69) is 20.8 Å². The van der Waals surface area contributed by atoms with Crippen LogP contribution in [0, 0.1) is 28.6 Å². The van der Waals surface area contributed by atoms with Crippen molar-refractivity contribution in [3.8, 4) is 0 Å². The third-order valence-corrected chi connectivity index (χ3v) is 5.66. The van der Waals surface area contributed by atoms with Crippen molar-refractivity contribution in [2.24, 2.45) is 28.6 Å². The number of carbonyl (C=O) groups is 1. The molecule has 0 aromatic carbocycles. The summed E-state index contributed by atoms with van der Waals surface area (Å²) in [4.78, 5) is 12.3. The molecule has 3 fully saturated rings. The van der Waals surface area contributed by atoms with Gasteiger partial charge in [-0.1, -0.05) is 33.6 Å². The molecule has 0 saturated heterocycles. The van der Waals surface area contributed by atoms with E-state index in [9.17, 15) is 4.79 Å². The van der Waals surface area contributed by atoms with Crippen LogP contribution in [0.3, 0.4) is 0 Å². The van der Waals surface area contributed by atoms with Gasteiger partial charge in [-0.3, -0.25) is 4.79 Å². The van der Waals surface area contributed by atoms with Gasteiger partial charge in [0, 0.05) is 12.3 Å². The number of Topliss-reactive ketones (excluding diaryl/α,β-unsaturated/α-hetero) is 1. The Morgan fingerprint density at radius 1 is 1.12 bits per heavy atom. The minimum atomic E-state index is 0.255. The molecular formula is C15H24O. The van der Waals surface area contributed by atoms with E-state index in [0.29, 0.717) is 17.1 Å². The van der Waals surface area contributed by atoms with E-state index >= 15 is 0 Å². The van der Waals surface area contributed by atoms with Crippen LogP contribution < -0.4 is 0 Å². The highest BCUT2D eigenvalue weighted by molar-refractivity contribution is 5.85. The van der Waals surface area contributed by atoms with Crippen LogP contribution in [0.25, 0.3) is 0 Å². The summed E-state index contributed by atoms with van der Waals surface area (Å²) < 4.78 is 0. The Kier molecular flexibility index (Phi) is 2.10. The Bertz CT molecular complexity index is 330. The Morgan fingerprint density at radius 2 is 1.81 bits per heavy atom. The van der Waals surface area contributed by atoms with Gasteiger partial charge in [0.25, 0.3) is 0 Å². The van der Waals surface area contributed by atoms with E-state index in [1.165, 1.54) is 32.1 Å². The lowest BCUT2D eigenvalue weighted by Crippen LogP contribution is -2.63. The average molecular weight is 220 g/mol. The molecule has 3 saturated carbocycles. The fourth-order valence-corrected chi connectivity index (χ4v) is 5.50. The van der Waals surface area contributed by atoms with Crippen LogP contribution in [0.15, 0.2) is 0 Å². The minimum absolute atomic E-state index is 0.255. The zero-order valence-electron chi connectivity index (χ0n) is 10.9. The van der Waals surface area contributed by atoms with Crippen LogP contribution in [-0.2, 0) is 4.79 Å². The molecule has 90 valence electrons. The zero-order chi connectivity index (χ0) is 11.6. The summed E-state index contributed by atoms with van der Waals surface area (Å²) in [5, 5.41) is 0. The highest BCUT2D eigenvalue weighted by atomic mass is 16.1. The van der Waals surface area contributed by atoms with Crippen molar-refractivity contribution in [1.82, 2.24) is 0 Å². The Labute approximate surface area is 99.0 Å². The first-order valence-corrected chi connectivity index (χ1v) is 6.97. The molecule has 0 aromatic rings. The average Bonchev–Trinajstić information content (AvgIpc) is 2.14. The van der Waals surface area contributed by atoms with Gasteiger partial charge in [-0.25, -0.2) is 0 Å². The molecule has 0 aromatic heterocycles. The largest absolute Gasteiger partial charge is 0.299 e. The molecule has 0 aliphatic heterocycles. The summed E-state index contributed by atoms with van der Waals surface area (Å²) in [7, 11) is 0. The first-order chi connectivity index (χ1) is 7.44. The lowest BCUT2D eigenvalue weighted by atomic mass is 9.37. The maximum Gasteiger partial charge on any atom is 0.137 e. The molecular weight excluding hydrogens is 196 g/mol. The highest BCUT2D eigenvalue weighted by Crippen LogP contribution is 2.68. The normalized spacial score (nSPS) is 50.2. The van der Waals surface area contributed by atoms with E-state index in [-0.39, 0.29) is 5.41 Å². The number of ketones is 1. The number of fused-ring (bicyclic) bond motifs is 4. The summed E-state index contributed by atoms with van der Waals surface area (Å²) in [6, 6.07) is 0. The quantitative estimate of drug-likeness (QED) is 0.606. The Morgan fingerprint density at radius 3 is 2.56 bits per heavy atom. The molecule has 16 heavy (non-hydrogen) atoms. The number of hydrogen-bond acceptors (Lipinski definition) is 1. The van der Waals surface area contributed by atoms with Crippen molar-refractivity contribution in [3.63, 3.8) is 0 Å².